The molecule has 0 fully saturated rings. The molecule has 0 bridgehead atoms. The number of unbranched alkanes of at least 4 members (excludes halogenated alkanes) is 2. The Kier molecular flexibility index (Phi) is 23.0. The van der Waals surface area contributed by atoms with Gasteiger partial charge in [-0.15, -0.1) is 0 Å². The third-order valence-corrected chi connectivity index (χ3v) is 2.29. The number of benzene rings is 1. The van der Waals surface area contributed by atoms with E-state index in [9.17, 15) is 0 Å². The Balaban J connectivity index is -0.000000409. The van der Waals surface area contributed by atoms with Crippen LogP contribution in [0.4, 0.5) is 0 Å². The molecule has 2 nitrogen and oxygen atoms in total. The summed E-state index contributed by atoms with van der Waals surface area (Å²) >= 11 is 0. The molecule has 0 atom stereocenters. The zero-order valence-electron chi connectivity index (χ0n) is 13.1. The monoisotopic (exact) mass is 254 g/mol. The van der Waals surface area contributed by atoms with Crippen LogP contribution in [0.15, 0.2) is 24.3 Å². The highest BCUT2D eigenvalue weighted by molar-refractivity contribution is 5.21. The first-order valence-electron chi connectivity index (χ1n) is 7.08. The maximum Gasteiger partial charge on any atom is -0.00773 e. The van der Waals surface area contributed by atoms with Gasteiger partial charge in [-0.05, 0) is 38.3 Å². The molecule has 0 heterocycles. The molecule has 0 spiro atoms. The Morgan fingerprint density at radius 1 is 0.833 bits per heavy atom. The second kappa shape index (κ2) is 18.5. The SMILES string of the molecule is CC.CC.Cc1ccc(CCCCCN)cc1.N. The Morgan fingerprint density at radius 2 is 1.33 bits per heavy atom. The lowest BCUT2D eigenvalue weighted by molar-refractivity contribution is 0.686. The van der Waals surface area contributed by atoms with Crippen LogP contribution in [-0.4, -0.2) is 6.54 Å². The molecule has 108 valence electrons. The van der Waals surface area contributed by atoms with Gasteiger partial charge in [-0.3, -0.25) is 0 Å². The summed E-state index contributed by atoms with van der Waals surface area (Å²) in [5.41, 5.74) is 8.21. The quantitative estimate of drug-likeness (QED) is 0.735. The van der Waals surface area contributed by atoms with Gasteiger partial charge in [0.15, 0.2) is 0 Å². The molecule has 0 amide bonds. The summed E-state index contributed by atoms with van der Waals surface area (Å²) in [6.45, 7) is 11.0. The van der Waals surface area contributed by atoms with Gasteiger partial charge in [-0.1, -0.05) is 63.9 Å². The van der Waals surface area contributed by atoms with Crippen LogP contribution in [0.3, 0.4) is 0 Å². The average molecular weight is 254 g/mol. The molecule has 0 radical (unpaired) electrons. The standard InChI is InChI=1S/C12H19N.2C2H6.H3N/c1-11-6-8-12(9-7-11)5-3-2-4-10-13;2*1-2;/h6-9H,2-5,10,13H2,1H3;2*1-2H3;1H3. The molecule has 2 heteroatoms. The fourth-order valence-electron chi connectivity index (χ4n) is 1.40. The fraction of sp³-hybridized carbons (Fsp3) is 0.625. The summed E-state index contributed by atoms with van der Waals surface area (Å²) in [5, 5.41) is 0. The summed E-state index contributed by atoms with van der Waals surface area (Å²) in [6, 6.07) is 8.80. The van der Waals surface area contributed by atoms with Crippen LogP contribution in [0.1, 0.15) is 58.1 Å². The number of rotatable bonds is 5. The summed E-state index contributed by atoms with van der Waals surface area (Å²) in [5.74, 6) is 0. The van der Waals surface area contributed by atoms with E-state index in [1.807, 2.05) is 27.7 Å². The number of hydrogen-bond donors (Lipinski definition) is 2. The van der Waals surface area contributed by atoms with E-state index in [2.05, 4.69) is 31.2 Å². The van der Waals surface area contributed by atoms with Crippen LogP contribution in [0, 0.1) is 6.92 Å². The van der Waals surface area contributed by atoms with Crippen molar-refractivity contribution in [2.24, 2.45) is 5.73 Å². The van der Waals surface area contributed by atoms with Gasteiger partial charge in [0.1, 0.15) is 0 Å². The molecular formula is C16H34N2. The van der Waals surface area contributed by atoms with Gasteiger partial charge in [0.25, 0.3) is 0 Å². The second-order valence-electron chi connectivity index (χ2n) is 3.58. The molecule has 0 saturated carbocycles. The van der Waals surface area contributed by atoms with E-state index in [1.165, 1.54) is 30.4 Å². The van der Waals surface area contributed by atoms with Gasteiger partial charge in [-0.25, -0.2) is 0 Å². The minimum Gasteiger partial charge on any atom is -0.344 e. The highest BCUT2D eigenvalue weighted by Gasteiger charge is 1.92. The molecule has 0 aliphatic heterocycles. The van der Waals surface area contributed by atoms with Gasteiger partial charge < -0.3 is 11.9 Å². The van der Waals surface area contributed by atoms with Crippen LogP contribution in [-0.2, 0) is 6.42 Å². The van der Waals surface area contributed by atoms with E-state index < -0.39 is 0 Å². The van der Waals surface area contributed by atoms with E-state index in [0.717, 1.165) is 13.0 Å². The van der Waals surface area contributed by atoms with Gasteiger partial charge in [-0.2, -0.15) is 0 Å². The summed E-state index contributed by atoms with van der Waals surface area (Å²) < 4.78 is 0. The minimum atomic E-state index is 0. The lowest BCUT2D eigenvalue weighted by Gasteiger charge is -2.01. The Bertz CT molecular complexity index is 229. The van der Waals surface area contributed by atoms with E-state index in [4.69, 9.17) is 5.73 Å². The van der Waals surface area contributed by atoms with Crippen molar-refractivity contribution in [3.05, 3.63) is 35.4 Å². The van der Waals surface area contributed by atoms with Crippen LogP contribution < -0.4 is 11.9 Å². The van der Waals surface area contributed by atoms with Crippen molar-refractivity contribution in [2.75, 3.05) is 6.54 Å². The van der Waals surface area contributed by atoms with Gasteiger partial charge >= 0.3 is 0 Å². The zero-order chi connectivity index (χ0) is 13.5. The highest BCUT2D eigenvalue weighted by atomic mass is 14.5. The molecular weight excluding hydrogens is 220 g/mol. The van der Waals surface area contributed by atoms with E-state index in [0.29, 0.717) is 0 Å². The molecule has 0 unspecified atom stereocenters. The van der Waals surface area contributed by atoms with Gasteiger partial charge in [0, 0.05) is 0 Å². The lowest BCUT2D eigenvalue weighted by atomic mass is 10.1. The van der Waals surface area contributed by atoms with Crippen LogP contribution in [0.25, 0.3) is 0 Å². The average Bonchev–Trinajstić information content (AvgIpc) is 2.41. The van der Waals surface area contributed by atoms with E-state index in [-0.39, 0.29) is 6.15 Å². The number of aryl methyl sites for hydroxylation is 2. The molecule has 18 heavy (non-hydrogen) atoms. The van der Waals surface area contributed by atoms with Crippen molar-refractivity contribution < 1.29 is 0 Å². The van der Waals surface area contributed by atoms with Crippen molar-refractivity contribution in [3.63, 3.8) is 0 Å². The minimum absolute atomic E-state index is 0. The van der Waals surface area contributed by atoms with Crippen molar-refractivity contribution in [2.45, 2.75) is 60.3 Å². The maximum atomic E-state index is 5.43. The topological polar surface area (TPSA) is 61.0 Å². The second-order valence-corrected chi connectivity index (χ2v) is 3.58. The Hall–Kier alpha value is -0.860. The molecule has 0 aliphatic carbocycles. The predicted octanol–water partition coefficient (Wildman–Crippen LogP) is 4.88. The first-order chi connectivity index (χ1) is 8.33. The van der Waals surface area contributed by atoms with E-state index >= 15 is 0 Å². The number of nitrogens with two attached hydrogens (primary N) is 1. The predicted molar refractivity (Wildman–Crippen MR) is 85.5 cm³/mol. The van der Waals surface area contributed by atoms with Crippen molar-refractivity contribution in [1.82, 2.24) is 6.15 Å². The number of hydrogen-bond acceptors (Lipinski definition) is 2. The summed E-state index contributed by atoms with van der Waals surface area (Å²) in [7, 11) is 0. The first-order valence-corrected chi connectivity index (χ1v) is 7.08. The summed E-state index contributed by atoms with van der Waals surface area (Å²) in [6.07, 6.45) is 4.87. The molecule has 1 aromatic carbocycles. The molecule has 0 aliphatic rings. The molecule has 5 N–H and O–H groups in total. The normalized spacial score (nSPS) is 8.11. The molecule has 0 saturated heterocycles. The van der Waals surface area contributed by atoms with Crippen molar-refractivity contribution in [3.8, 4) is 0 Å². The van der Waals surface area contributed by atoms with Crippen molar-refractivity contribution >= 4 is 0 Å². The van der Waals surface area contributed by atoms with Crippen LogP contribution >= 0.6 is 0 Å². The fourth-order valence-corrected chi connectivity index (χ4v) is 1.40. The molecule has 0 aromatic heterocycles. The van der Waals surface area contributed by atoms with Crippen molar-refractivity contribution in [1.29, 1.82) is 0 Å². The molecule has 1 aromatic rings. The molecule has 1 rings (SSSR count). The highest BCUT2D eigenvalue weighted by Crippen LogP contribution is 2.07. The first kappa shape index (κ1) is 22.3. The Morgan fingerprint density at radius 3 is 1.78 bits per heavy atom. The smallest absolute Gasteiger partial charge is 0.00773 e. The summed E-state index contributed by atoms with van der Waals surface area (Å²) in [4.78, 5) is 0. The maximum absolute atomic E-state index is 5.43. The lowest BCUT2D eigenvalue weighted by Crippen LogP contribution is -1.98. The zero-order valence-corrected chi connectivity index (χ0v) is 13.1. The Labute approximate surface area is 115 Å². The largest absolute Gasteiger partial charge is 0.344 e. The van der Waals surface area contributed by atoms with Crippen LogP contribution in [0.5, 0.6) is 0 Å². The van der Waals surface area contributed by atoms with Gasteiger partial charge in [0.05, 0.1) is 0 Å². The van der Waals surface area contributed by atoms with E-state index in [1.54, 1.807) is 0 Å². The van der Waals surface area contributed by atoms with Gasteiger partial charge in [0.2, 0.25) is 0 Å². The third kappa shape index (κ3) is 13.2. The third-order valence-electron chi connectivity index (χ3n) is 2.29. The van der Waals surface area contributed by atoms with Crippen LogP contribution in [0.2, 0.25) is 0 Å².